The van der Waals surface area contributed by atoms with Gasteiger partial charge in [-0.1, -0.05) is 60.8 Å². The van der Waals surface area contributed by atoms with E-state index in [1.54, 1.807) is 6.92 Å². The molecule has 0 fully saturated rings. The Bertz CT molecular complexity index is 641. The van der Waals surface area contributed by atoms with E-state index >= 15 is 0 Å². The predicted molar refractivity (Wildman–Crippen MR) is 91.3 cm³/mol. The summed E-state index contributed by atoms with van der Waals surface area (Å²) in [6, 6.07) is 0. The molecule has 4 nitrogen and oxygen atoms in total. The molecule has 23 heavy (non-hydrogen) atoms. The number of aromatic nitrogens is 1. The number of halogens is 1. The molecule has 0 bridgehead atoms. The average Bonchev–Trinajstić information content (AvgIpc) is 2.89. The summed E-state index contributed by atoms with van der Waals surface area (Å²) in [6.45, 7) is 4.24. The SMILES string of the molecule is CCCCCOC(=O)c1c(/C2=C/C=CC/C=C(/Cl)C2)noc1C. The molecule has 0 atom stereocenters. The lowest BCUT2D eigenvalue weighted by Gasteiger charge is -2.08. The summed E-state index contributed by atoms with van der Waals surface area (Å²) in [4.78, 5) is 12.4. The monoisotopic (exact) mass is 335 g/mol. The minimum atomic E-state index is -0.387. The van der Waals surface area contributed by atoms with E-state index in [1.165, 1.54) is 0 Å². The van der Waals surface area contributed by atoms with Crippen molar-refractivity contribution < 1.29 is 14.1 Å². The van der Waals surface area contributed by atoms with E-state index < -0.39 is 0 Å². The second kappa shape index (κ2) is 8.73. The highest BCUT2D eigenvalue weighted by Crippen LogP contribution is 2.29. The van der Waals surface area contributed by atoms with Crippen molar-refractivity contribution in [3.8, 4) is 0 Å². The topological polar surface area (TPSA) is 52.3 Å². The third kappa shape index (κ3) is 4.83. The van der Waals surface area contributed by atoms with E-state index in [0.717, 1.165) is 36.3 Å². The molecule has 0 saturated heterocycles. The number of unbranched alkanes of at least 4 members (excludes halogenated alkanes) is 2. The fraction of sp³-hybridized carbons (Fsp3) is 0.444. The molecule has 0 saturated carbocycles. The van der Waals surface area contributed by atoms with Crippen LogP contribution in [-0.4, -0.2) is 17.7 Å². The van der Waals surface area contributed by atoms with E-state index in [0.29, 0.717) is 30.0 Å². The van der Waals surface area contributed by atoms with Crippen LogP contribution in [0.4, 0.5) is 0 Å². The summed E-state index contributed by atoms with van der Waals surface area (Å²) in [7, 11) is 0. The van der Waals surface area contributed by atoms with Gasteiger partial charge in [-0.2, -0.15) is 0 Å². The van der Waals surface area contributed by atoms with Gasteiger partial charge in [-0.3, -0.25) is 0 Å². The largest absolute Gasteiger partial charge is 0.462 e. The lowest BCUT2D eigenvalue weighted by Crippen LogP contribution is -2.09. The Morgan fingerprint density at radius 3 is 3.04 bits per heavy atom. The number of rotatable bonds is 6. The summed E-state index contributed by atoms with van der Waals surface area (Å²) in [5.41, 5.74) is 1.76. The van der Waals surface area contributed by atoms with Crippen LogP contribution in [0.25, 0.3) is 5.57 Å². The molecule has 0 amide bonds. The van der Waals surface area contributed by atoms with Gasteiger partial charge < -0.3 is 9.26 Å². The number of carbonyl (C=O) groups is 1. The van der Waals surface area contributed by atoms with E-state index in [-0.39, 0.29) is 5.97 Å². The highest BCUT2D eigenvalue weighted by atomic mass is 35.5. The second-order valence-corrected chi connectivity index (χ2v) is 5.97. The zero-order chi connectivity index (χ0) is 16.7. The van der Waals surface area contributed by atoms with Crippen LogP contribution in [0.1, 0.15) is 60.8 Å². The zero-order valence-electron chi connectivity index (χ0n) is 13.6. The normalized spacial score (nSPS) is 19.3. The van der Waals surface area contributed by atoms with Gasteiger partial charge in [0, 0.05) is 11.5 Å². The quantitative estimate of drug-likeness (QED) is 0.530. The third-order valence-electron chi connectivity index (χ3n) is 3.62. The molecule has 5 heteroatoms. The fourth-order valence-corrected chi connectivity index (χ4v) is 2.59. The summed E-state index contributed by atoms with van der Waals surface area (Å²) in [6.07, 6.45) is 12.1. The first-order valence-corrected chi connectivity index (χ1v) is 8.35. The summed E-state index contributed by atoms with van der Waals surface area (Å²) in [5, 5.41) is 4.77. The molecular formula is C18H22ClNO3. The van der Waals surface area contributed by atoms with E-state index in [1.807, 2.05) is 24.3 Å². The third-order valence-corrected chi connectivity index (χ3v) is 3.91. The van der Waals surface area contributed by atoms with Crippen molar-refractivity contribution in [2.75, 3.05) is 6.61 Å². The van der Waals surface area contributed by atoms with E-state index in [2.05, 4.69) is 12.1 Å². The number of carbonyl (C=O) groups excluding carboxylic acids is 1. The van der Waals surface area contributed by atoms with Gasteiger partial charge in [0.2, 0.25) is 0 Å². The van der Waals surface area contributed by atoms with Crippen molar-refractivity contribution in [3.05, 3.63) is 46.4 Å². The van der Waals surface area contributed by atoms with Crippen LogP contribution in [0, 0.1) is 6.92 Å². The average molecular weight is 336 g/mol. The molecule has 1 aliphatic rings. The maximum atomic E-state index is 12.4. The van der Waals surface area contributed by atoms with Gasteiger partial charge in [-0.25, -0.2) is 4.79 Å². The lowest BCUT2D eigenvalue weighted by molar-refractivity contribution is 0.0496. The van der Waals surface area contributed by atoms with Gasteiger partial charge in [0.05, 0.1) is 6.61 Å². The smallest absolute Gasteiger partial charge is 0.344 e. The lowest BCUT2D eigenvalue weighted by atomic mass is 10.0. The van der Waals surface area contributed by atoms with Gasteiger partial charge in [0.15, 0.2) is 0 Å². The van der Waals surface area contributed by atoms with Gasteiger partial charge in [-0.05, 0) is 25.3 Å². The van der Waals surface area contributed by atoms with Crippen LogP contribution in [0.2, 0.25) is 0 Å². The molecule has 1 aliphatic carbocycles. The van der Waals surface area contributed by atoms with Crippen molar-refractivity contribution >= 4 is 23.1 Å². The van der Waals surface area contributed by atoms with Crippen molar-refractivity contribution in [2.45, 2.75) is 46.0 Å². The number of ether oxygens (including phenoxy) is 1. The molecule has 0 radical (unpaired) electrons. The van der Waals surface area contributed by atoms with Crippen molar-refractivity contribution in [1.29, 1.82) is 0 Å². The molecule has 0 N–H and O–H groups in total. The summed E-state index contributed by atoms with van der Waals surface area (Å²) >= 11 is 6.21. The molecule has 0 aliphatic heterocycles. The first-order chi connectivity index (χ1) is 11.1. The standard InChI is InChI=1S/C18H22ClNO3/c1-3-4-8-11-22-18(21)16-13(2)23-20-17(16)14-9-6-5-7-10-15(19)12-14/h5-6,9-10H,3-4,7-8,11-12H2,1-2H3/b6-5?,14-9+,15-10+. The number of hydrogen-bond donors (Lipinski definition) is 0. The van der Waals surface area contributed by atoms with Gasteiger partial charge >= 0.3 is 5.97 Å². The first-order valence-electron chi connectivity index (χ1n) is 7.97. The van der Waals surface area contributed by atoms with Crippen molar-refractivity contribution in [1.82, 2.24) is 5.16 Å². The van der Waals surface area contributed by atoms with Crippen LogP contribution in [0.5, 0.6) is 0 Å². The maximum Gasteiger partial charge on any atom is 0.344 e. The van der Waals surface area contributed by atoms with Crippen LogP contribution < -0.4 is 0 Å². The Hall–Kier alpha value is -1.81. The Kier molecular flexibility index (Phi) is 6.66. The number of hydrogen-bond acceptors (Lipinski definition) is 4. The van der Waals surface area contributed by atoms with Crippen molar-refractivity contribution in [3.63, 3.8) is 0 Å². The highest BCUT2D eigenvalue weighted by Gasteiger charge is 2.24. The van der Waals surface area contributed by atoms with E-state index in [4.69, 9.17) is 20.9 Å². The zero-order valence-corrected chi connectivity index (χ0v) is 14.4. The second-order valence-electron chi connectivity index (χ2n) is 5.49. The van der Waals surface area contributed by atoms with Crippen LogP contribution in [0.15, 0.2) is 33.9 Å². The Labute approximate surface area is 141 Å². The molecule has 0 aromatic carbocycles. The van der Waals surface area contributed by atoms with Gasteiger partial charge in [0.1, 0.15) is 17.0 Å². The molecule has 0 spiro atoms. The maximum absolute atomic E-state index is 12.4. The predicted octanol–water partition coefficient (Wildman–Crippen LogP) is 5.19. The number of aryl methyl sites for hydroxylation is 1. The minimum Gasteiger partial charge on any atom is -0.462 e. The van der Waals surface area contributed by atoms with Gasteiger partial charge in [0.25, 0.3) is 0 Å². The van der Waals surface area contributed by atoms with Crippen molar-refractivity contribution in [2.24, 2.45) is 0 Å². The Morgan fingerprint density at radius 2 is 2.26 bits per heavy atom. The summed E-state index contributed by atoms with van der Waals surface area (Å²) in [5.74, 6) is 0.0782. The molecule has 1 heterocycles. The Balaban J connectivity index is 2.20. The number of allylic oxidation sites excluding steroid dienone is 6. The highest BCUT2D eigenvalue weighted by molar-refractivity contribution is 6.30. The Morgan fingerprint density at radius 1 is 1.43 bits per heavy atom. The fourth-order valence-electron chi connectivity index (χ4n) is 2.36. The van der Waals surface area contributed by atoms with Gasteiger partial charge in [-0.15, -0.1) is 0 Å². The summed E-state index contributed by atoms with van der Waals surface area (Å²) < 4.78 is 10.6. The molecule has 1 aromatic rings. The molecule has 124 valence electrons. The molecule has 2 rings (SSSR count). The van der Waals surface area contributed by atoms with Crippen LogP contribution in [-0.2, 0) is 4.74 Å². The van der Waals surface area contributed by atoms with Crippen LogP contribution >= 0.6 is 11.6 Å². The minimum absolute atomic E-state index is 0.387. The molecule has 0 unspecified atom stereocenters. The van der Waals surface area contributed by atoms with Crippen LogP contribution in [0.3, 0.4) is 0 Å². The first kappa shape index (κ1) is 17.5. The van der Waals surface area contributed by atoms with E-state index in [9.17, 15) is 4.79 Å². The number of nitrogens with zero attached hydrogens (tertiary/aromatic N) is 1. The molecule has 1 aromatic heterocycles. The molecular weight excluding hydrogens is 314 g/mol. The number of esters is 1.